The molecule has 0 fully saturated rings. The number of carbonyl (C=O) groups is 3. The Hall–Kier alpha value is -4.46. The van der Waals surface area contributed by atoms with Crippen LogP contribution in [0.5, 0.6) is 5.88 Å². The van der Waals surface area contributed by atoms with E-state index in [9.17, 15) is 14.4 Å². The van der Waals surface area contributed by atoms with Crippen molar-refractivity contribution < 1.29 is 24.2 Å². The molecule has 0 saturated heterocycles. The number of amides is 1. The summed E-state index contributed by atoms with van der Waals surface area (Å²) in [6.45, 7) is 2.99. The van der Waals surface area contributed by atoms with Crippen LogP contribution in [0.25, 0.3) is 16.6 Å². The van der Waals surface area contributed by atoms with Gasteiger partial charge in [-0.05, 0) is 35.6 Å². The zero-order valence-electron chi connectivity index (χ0n) is 19.4. The average Bonchev–Trinajstić information content (AvgIpc) is 3.15. The molecule has 0 aliphatic carbocycles. The van der Waals surface area contributed by atoms with Crippen LogP contribution in [0.15, 0.2) is 60.8 Å². The van der Waals surface area contributed by atoms with Gasteiger partial charge in [-0.1, -0.05) is 61.5 Å². The SMILES string of the molecule is CCc1c(C(=O)C(N)=O)c2c(OCC(=O)O)nc(C)cn2c1Cc1cccc(-c2ccccc2)c1. The van der Waals surface area contributed by atoms with Crippen molar-refractivity contribution in [1.82, 2.24) is 9.38 Å². The Labute approximate surface area is 202 Å². The third kappa shape index (κ3) is 4.77. The first-order valence-corrected chi connectivity index (χ1v) is 11.2. The van der Waals surface area contributed by atoms with Gasteiger partial charge in [0, 0.05) is 18.3 Å². The Kier molecular flexibility index (Phi) is 6.64. The summed E-state index contributed by atoms with van der Waals surface area (Å²) >= 11 is 0. The van der Waals surface area contributed by atoms with Crippen molar-refractivity contribution in [3.8, 4) is 17.0 Å². The van der Waals surface area contributed by atoms with Crippen LogP contribution >= 0.6 is 0 Å². The fourth-order valence-electron chi connectivity index (χ4n) is 4.33. The van der Waals surface area contributed by atoms with Crippen LogP contribution < -0.4 is 10.5 Å². The molecule has 0 spiro atoms. The number of primary amides is 1. The van der Waals surface area contributed by atoms with Crippen molar-refractivity contribution in [2.24, 2.45) is 5.73 Å². The first-order valence-electron chi connectivity index (χ1n) is 11.2. The number of ketones is 1. The van der Waals surface area contributed by atoms with Gasteiger partial charge in [0.1, 0.15) is 5.52 Å². The van der Waals surface area contributed by atoms with E-state index in [1.54, 1.807) is 17.5 Å². The molecule has 35 heavy (non-hydrogen) atoms. The molecular formula is C27H25N3O5. The van der Waals surface area contributed by atoms with Crippen molar-refractivity contribution >= 4 is 23.2 Å². The average molecular weight is 472 g/mol. The lowest BCUT2D eigenvalue weighted by molar-refractivity contribution is -0.139. The number of carboxylic acid groups (broad SMARTS) is 1. The summed E-state index contributed by atoms with van der Waals surface area (Å²) in [5, 5.41) is 9.10. The van der Waals surface area contributed by atoms with Gasteiger partial charge < -0.3 is 20.0 Å². The highest BCUT2D eigenvalue weighted by Crippen LogP contribution is 2.33. The molecule has 4 aromatic rings. The molecule has 2 heterocycles. The maximum Gasteiger partial charge on any atom is 0.341 e. The first kappa shape index (κ1) is 23.7. The van der Waals surface area contributed by atoms with Crippen LogP contribution in [-0.4, -0.2) is 38.8 Å². The normalized spacial score (nSPS) is 10.9. The van der Waals surface area contributed by atoms with E-state index in [1.807, 2.05) is 55.5 Å². The minimum atomic E-state index is -1.19. The molecule has 0 bridgehead atoms. The highest BCUT2D eigenvalue weighted by Gasteiger charge is 2.29. The Balaban J connectivity index is 1.92. The monoisotopic (exact) mass is 471 g/mol. The van der Waals surface area contributed by atoms with Gasteiger partial charge in [-0.2, -0.15) is 0 Å². The van der Waals surface area contributed by atoms with Crippen LogP contribution in [0.3, 0.4) is 0 Å². The molecular weight excluding hydrogens is 446 g/mol. The quantitative estimate of drug-likeness (QED) is 0.284. The Morgan fingerprint density at radius 1 is 1.06 bits per heavy atom. The maximum atomic E-state index is 12.9. The van der Waals surface area contributed by atoms with Crippen molar-refractivity contribution in [1.29, 1.82) is 0 Å². The zero-order chi connectivity index (χ0) is 25.1. The van der Waals surface area contributed by atoms with Gasteiger partial charge in [0.25, 0.3) is 11.7 Å². The molecule has 0 radical (unpaired) electrons. The van der Waals surface area contributed by atoms with Crippen molar-refractivity contribution in [3.63, 3.8) is 0 Å². The standard InChI is InChI=1S/C27H25N3O5/c1-3-20-21(13-17-8-7-11-19(12-17)18-9-5-4-6-10-18)30-14-16(2)29-27(35-15-22(31)32)24(30)23(20)25(33)26(28)34/h4-12,14H,3,13,15H2,1-2H3,(H2,28,34)(H,31,32). The van der Waals surface area contributed by atoms with E-state index >= 15 is 0 Å². The summed E-state index contributed by atoms with van der Waals surface area (Å²) in [5.41, 5.74) is 10.8. The summed E-state index contributed by atoms with van der Waals surface area (Å²) in [4.78, 5) is 40.3. The Bertz CT molecular complexity index is 1440. The molecule has 0 aliphatic heterocycles. The highest BCUT2D eigenvalue weighted by atomic mass is 16.5. The molecule has 0 unspecified atom stereocenters. The lowest BCUT2D eigenvalue weighted by atomic mass is 9.97. The molecule has 8 heteroatoms. The van der Waals surface area contributed by atoms with Gasteiger partial charge in [-0.3, -0.25) is 9.59 Å². The summed E-state index contributed by atoms with van der Waals surface area (Å²) in [6.07, 6.45) is 2.65. The molecule has 0 saturated carbocycles. The van der Waals surface area contributed by atoms with Crippen molar-refractivity contribution in [2.75, 3.05) is 6.61 Å². The number of fused-ring (bicyclic) bond motifs is 1. The summed E-state index contributed by atoms with van der Waals surface area (Å²) < 4.78 is 7.20. The number of Topliss-reactive ketones (excluding diaryl/α,β-unsaturated/α-hetero) is 1. The Morgan fingerprint density at radius 2 is 1.77 bits per heavy atom. The number of hydrogen-bond acceptors (Lipinski definition) is 5. The minimum Gasteiger partial charge on any atom is -0.479 e. The third-order valence-electron chi connectivity index (χ3n) is 5.76. The maximum absolute atomic E-state index is 12.9. The van der Waals surface area contributed by atoms with Gasteiger partial charge in [0.2, 0.25) is 5.88 Å². The minimum absolute atomic E-state index is 0.0315. The summed E-state index contributed by atoms with van der Waals surface area (Å²) in [5.74, 6) is -3.19. The second-order valence-corrected chi connectivity index (χ2v) is 8.18. The number of hydrogen-bond donors (Lipinski definition) is 2. The molecule has 0 aliphatic rings. The smallest absolute Gasteiger partial charge is 0.341 e. The number of benzene rings is 2. The Morgan fingerprint density at radius 3 is 2.43 bits per heavy atom. The highest BCUT2D eigenvalue weighted by molar-refractivity contribution is 6.44. The first-order chi connectivity index (χ1) is 16.8. The summed E-state index contributed by atoms with van der Waals surface area (Å²) in [7, 11) is 0. The van der Waals surface area contributed by atoms with E-state index in [1.165, 1.54) is 0 Å². The van der Waals surface area contributed by atoms with Crippen LogP contribution in [0, 0.1) is 6.92 Å². The van der Waals surface area contributed by atoms with E-state index < -0.39 is 24.3 Å². The number of carbonyl (C=O) groups excluding carboxylic acids is 2. The van der Waals surface area contributed by atoms with Gasteiger partial charge in [-0.15, -0.1) is 0 Å². The van der Waals surface area contributed by atoms with Gasteiger partial charge in [0.05, 0.1) is 11.3 Å². The topological polar surface area (TPSA) is 124 Å². The number of nitrogens with two attached hydrogens (primary N) is 1. The van der Waals surface area contributed by atoms with Gasteiger partial charge in [0.15, 0.2) is 6.61 Å². The van der Waals surface area contributed by atoms with Gasteiger partial charge in [-0.25, -0.2) is 9.78 Å². The number of ether oxygens (including phenoxy) is 1. The van der Waals surface area contributed by atoms with E-state index in [4.69, 9.17) is 15.6 Å². The molecule has 2 aromatic carbocycles. The van der Waals surface area contributed by atoms with Crippen molar-refractivity contribution in [2.45, 2.75) is 26.7 Å². The summed E-state index contributed by atoms with van der Waals surface area (Å²) in [6, 6.07) is 18.1. The predicted octanol–water partition coefficient (Wildman–Crippen LogP) is 3.59. The third-order valence-corrected chi connectivity index (χ3v) is 5.76. The van der Waals surface area contributed by atoms with E-state index in [-0.39, 0.29) is 17.0 Å². The van der Waals surface area contributed by atoms with Crippen LogP contribution in [0.4, 0.5) is 0 Å². The number of rotatable bonds is 9. The second-order valence-electron chi connectivity index (χ2n) is 8.18. The molecule has 0 atom stereocenters. The predicted molar refractivity (Wildman–Crippen MR) is 131 cm³/mol. The number of nitrogens with zero attached hydrogens (tertiary/aromatic N) is 2. The molecule has 178 valence electrons. The van der Waals surface area contributed by atoms with Crippen LogP contribution in [-0.2, 0) is 22.4 Å². The molecule has 4 rings (SSSR count). The van der Waals surface area contributed by atoms with Crippen LogP contribution in [0.1, 0.15) is 39.8 Å². The largest absolute Gasteiger partial charge is 0.479 e. The molecule has 8 nitrogen and oxygen atoms in total. The second kappa shape index (κ2) is 9.80. The lowest BCUT2D eigenvalue weighted by Crippen LogP contribution is -2.24. The number of carboxylic acids is 1. The number of aryl methyl sites for hydroxylation is 1. The zero-order valence-corrected chi connectivity index (χ0v) is 19.4. The fourth-order valence-corrected chi connectivity index (χ4v) is 4.33. The van der Waals surface area contributed by atoms with Crippen molar-refractivity contribution in [3.05, 3.63) is 88.9 Å². The van der Waals surface area contributed by atoms with E-state index in [0.29, 0.717) is 24.1 Å². The van der Waals surface area contributed by atoms with Gasteiger partial charge >= 0.3 is 5.97 Å². The fraction of sp³-hybridized carbons (Fsp3) is 0.185. The molecule has 2 aromatic heterocycles. The van der Waals surface area contributed by atoms with Crippen LogP contribution in [0.2, 0.25) is 0 Å². The molecule has 3 N–H and O–H groups in total. The number of aliphatic carboxylic acids is 1. The number of aromatic nitrogens is 2. The van der Waals surface area contributed by atoms with E-state index in [2.05, 4.69) is 11.1 Å². The lowest BCUT2D eigenvalue weighted by Gasteiger charge is -2.11. The molecule has 1 amide bonds. The van der Waals surface area contributed by atoms with E-state index in [0.717, 1.165) is 22.4 Å².